The molecule has 170 valence electrons. The van der Waals surface area contributed by atoms with Crippen LogP contribution in [-0.4, -0.2) is 36.1 Å². The number of thiophene rings is 1. The Morgan fingerprint density at radius 2 is 1.61 bits per heavy atom. The highest BCUT2D eigenvalue weighted by molar-refractivity contribution is 7.19. The van der Waals surface area contributed by atoms with Crippen LogP contribution in [-0.2, 0) is 0 Å². The van der Waals surface area contributed by atoms with Gasteiger partial charge in [-0.2, -0.15) is 4.98 Å². The maximum atomic E-state index is 14.3. The summed E-state index contributed by atoms with van der Waals surface area (Å²) >= 11 is 8.00. The zero-order valence-corrected chi connectivity index (χ0v) is 20.6. The van der Waals surface area contributed by atoms with Crippen LogP contribution in [0.3, 0.4) is 0 Å². The average Bonchev–Trinajstić information content (AvgIpc) is 3.14. The first kappa shape index (κ1) is 22.1. The summed E-state index contributed by atoms with van der Waals surface area (Å²) in [6.45, 7) is 9.43. The minimum absolute atomic E-state index is 0.181. The molecule has 4 nitrogen and oxygen atoms in total. The molecule has 3 heterocycles. The first-order chi connectivity index (χ1) is 15.9. The van der Waals surface area contributed by atoms with Gasteiger partial charge < -0.3 is 9.80 Å². The first-order valence-electron chi connectivity index (χ1n) is 11.2. The molecule has 5 rings (SSSR count). The number of benzene rings is 2. The minimum atomic E-state index is -0.181. The molecule has 2 aromatic carbocycles. The molecule has 0 N–H and O–H groups in total. The molecule has 1 aliphatic rings. The zero-order chi connectivity index (χ0) is 23.1. The van der Waals surface area contributed by atoms with Crippen molar-refractivity contribution < 1.29 is 4.39 Å². The number of aryl methyl sites for hydroxylation is 1. The molecule has 0 spiro atoms. The van der Waals surface area contributed by atoms with E-state index in [4.69, 9.17) is 11.6 Å². The molecule has 0 radical (unpaired) electrons. The molecule has 0 bridgehead atoms. The summed E-state index contributed by atoms with van der Waals surface area (Å²) in [6.07, 6.45) is 0. The van der Waals surface area contributed by atoms with Crippen LogP contribution < -0.4 is 9.80 Å². The van der Waals surface area contributed by atoms with Crippen molar-refractivity contribution in [3.8, 4) is 11.1 Å². The van der Waals surface area contributed by atoms with Crippen molar-refractivity contribution in [2.75, 3.05) is 36.0 Å². The first-order valence-corrected chi connectivity index (χ1v) is 12.4. The average molecular weight is 481 g/mol. The van der Waals surface area contributed by atoms with Crippen LogP contribution in [0, 0.1) is 12.7 Å². The molecule has 33 heavy (non-hydrogen) atoms. The maximum absolute atomic E-state index is 14.3. The van der Waals surface area contributed by atoms with E-state index in [-0.39, 0.29) is 11.1 Å². The second kappa shape index (κ2) is 8.92. The lowest BCUT2D eigenvalue weighted by Gasteiger charge is -2.37. The summed E-state index contributed by atoms with van der Waals surface area (Å²) in [6, 6.07) is 15.7. The third-order valence-electron chi connectivity index (χ3n) is 6.32. The van der Waals surface area contributed by atoms with Crippen molar-refractivity contribution in [2.24, 2.45) is 0 Å². The predicted octanol–water partition coefficient (Wildman–Crippen LogP) is 6.91. The quantitative estimate of drug-likeness (QED) is 0.297. The lowest BCUT2D eigenvalue weighted by Crippen LogP contribution is -2.47. The number of nitrogens with zero attached hydrogens (tertiary/aromatic N) is 4. The number of piperazine rings is 1. The number of hydrogen-bond donors (Lipinski definition) is 0. The lowest BCUT2D eigenvalue weighted by molar-refractivity contribution is 0.596. The second-order valence-electron chi connectivity index (χ2n) is 8.73. The van der Waals surface area contributed by atoms with E-state index in [9.17, 15) is 4.39 Å². The Bertz CT molecular complexity index is 1290. The fraction of sp³-hybridized carbons (Fsp3) is 0.308. The Morgan fingerprint density at radius 3 is 2.27 bits per heavy atom. The molecular weight excluding hydrogens is 455 g/mol. The van der Waals surface area contributed by atoms with Crippen LogP contribution in [0.15, 0.2) is 48.5 Å². The predicted molar refractivity (Wildman–Crippen MR) is 138 cm³/mol. The van der Waals surface area contributed by atoms with Crippen LogP contribution in [0.2, 0.25) is 5.28 Å². The van der Waals surface area contributed by atoms with Gasteiger partial charge in [-0.25, -0.2) is 9.37 Å². The van der Waals surface area contributed by atoms with E-state index in [1.54, 1.807) is 17.4 Å². The largest absolute Gasteiger partial charge is 0.366 e. The molecule has 0 saturated carbocycles. The van der Waals surface area contributed by atoms with E-state index in [1.807, 2.05) is 12.1 Å². The number of halogens is 2. The summed E-state index contributed by atoms with van der Waals surface area (Å²) in [5.41, 5.74) is 4.31. The fourth-order valence-corrected chi connectivity index (χ4v) is 5.80. The van der Waals surface area contributed by atoms with Crippen LogP contribution in [0.25, 0.3) is 21.3 Å². The Kier molecular flexibility index (Phi) is 5.97. The van der Waals surface area contributed by atoms with Gasteiger partial charge >= 0.3 is 0 Å². The van der Waals surface area contributed by atoms with Crippen LogP contribution in [0.1, 0.15) is 30.2 Å². The van der Waals surface area contributed by atoms with Gasteiger partial charge in [0.2, 0.25) is 5.28 Å². The Morgan fingerprint density at radius 1 is 0.939 bits per heavy atom. The molecule has 1 aliphatic heterocycles. The third-order valence-corrected chi connectivity index (χ3v) is 7.49. The zero-order valence-electron chi connectivity index (χ0n) is 19.0. The molecule has 2 aromatic heterocycles. The Balaban J connectivity index is 1.52. The van der Waals surface area contributed by atoms with Gasteiger partial charge in [0, 0.05) is 36.6 Å². The standard InChI is InChI=1S/C26H26ClFN4S/c1-16(2)18-8-10-19(11-9-18)22-17(3)33-25-23(22)24(29-26(27)30-25)32-14-12-31(13-15-32)21-7-5-4-6-20(21)28/h4-11,16H,12-15H2,1-3H3. The van der Waals surface area contributed by atoms with Gasteiger partial charge in [-0.1, -0.05) is 50.2 Å². The number of hydrogen-bond acceptors (Lipinski definition) is 5. The molecule has 0 atom stereocenters. The molecule has 0 amide bonds. The van der Waals surface area contributed by atoms with E-state index in [0.717, 1.165) is 29.1 Å². The molecule has 1 fully saturated rings. The van der Waals surface area contributed by atoms with Gasteiger partial charge in [0.05, 0.1) is 11.1 Å². The molecule has 0 unspecified atom stereocenters. The molecular formula is C26H26ClFN4S. The Labute approximate surface area is 202 Å². The normalized spacial score (nSPS) is 14.5. The van der Waals surface area contributed by atoms with E-state index in [0.29, 0.717) is 24.7 Å². The number of aromatic nitrogens is 2. The van der Waals surface area contributed by atoms with Gasteiger partial charge in [-0.3, -0.25) is 0 Å². The van der Waals surface area contributed by atoms with Crippen molar-refractivity contribution in [1.29, 1.82) is 0 Å². The number of para-hydroxylation sites is 1. The van der Waals surface area contributed by atoms with Crippen molar-refractivity contribution in [3.63, 3.8) is 0 Å². The van der Waals surface area contributed by atoms with Crippen molar-refractivity contribution in [1.82, 2.24) is 9.97 Å². The summed E-state index contributed by atoms with van der Waals surface area (Å²) in [4.78, 5) is 15.7. The van der Waals surface area contributed by atoms with Gasteiger partial charge in [-0.15, -0.1) is 11.3 Å². The van der Waals surface area contributed by atoms with Crippen molar-refractivity contribution in [2.45, 2.75) is 26.7 Å². The third kappa shape index (κ3) is 4.18. The smallest absolute Gasteiger partial charge is 0.225 e. The van der Waals surface area contributed by atoms with E-state index in [1.165, 1.54) is 27.6 Å². The van der Waals surface area contributed by atoms with Gasteiger partial charge in [0.1, 0.15) is 16.5 Å². The molecule has 1 saturated heterocycles. The number of rotatable bonds is 4. The topological polar surface area (TPSA) is 32.3 Å². The monoisotopic (exact) mass is 480 g/mol. The number of anilines is 2. The SMILES string of the molecule is Cc1sc2nc(Cl)nc(N3CCN(c4ccccc4F)CC3)c2c1-c1ccc(C(C)C)cc1. The van der Waals surface area contributed by atoms with Crippen LogP contribution >= 0.6 is 22.9 Å². The van der Waals surface area contributed by atoms with Gasteiger partial charge in [-0.05, 0) is 47.7 Å². The van der Waals surface area contributed by atoms with Gasteiger partial charge in [0.15, 0.2) is 0 Å². The number of fused-ring (bicyclic) bond motifs is 1. The summed E-state index contributed by atoms with van der Waals surface area (Å²) < 4.78 is 14.3. The molecule has 7 heteroatoms. The van der Waals surface area contributed by atoms with Crippen LogP contribution in [0.4, 0.5) is 15.9 Å². The summed E-state index contributed by atoms with van der Waals surface area (Å²) in [7, 11) is 0. The highest BCUT2D eigenvalue weighted by Crippen LogP contribution is 2.42. The highest BCUT2D eigenvalue weighted by Gasteiger charge is 2.25. The maximum Gasteiger partial charge on any atom is 0.225 e. The van der Waals surface area contributed by atoms with Crippen molar-refractivity contribution >= 4 is 44.7 Å². The Hall–Kier alpha value is -2.70. The van der Waals surface area contributed by atoms with E-state index >= 15 is 0 Å². The van der Waals surface area contributed by atoms with Crippen LogP contribution in [0.5, 0.6) is 0 Å². The van der Waals surface area contributed by atoms with E-state index < -0.39 is 0 Å². The lowest BCUT2D eigenvalue weighted by atomic mass is 9.97. The van der Waals surface area contributed by atoms with E-state index in [2.05, 4.69) is 64.8 Å². The van der Waals surface area contributed by atoms with Gasteiger partial charge in [0.25, 0.3) is 0 Å². The molecule has 4 aromatic rings. The second-order valence-corrected chi connectivity index (χ2v) is 10.3. The fourth-order valence-electron chi connectivity index (χ4n) is 4.55. The highest BCUT2D eigenvalue weighted by atomic mass is 35.5. The van der Waals surface area contributed by atoms with Crippen molar-refractivity contribution in [3.05, 3.63) is 70.1 Å². The summed E-state index contributed by atoms with van der Waals surface area (Å²) in [5, 5.41) is 1.32. The minimum Gasteiger partial charge on any atom is -0.366 e. The molecule has 0 aliphatic carbocycles. The summed E-state index contributed by atoms with van der Waals surface area (Å²) in [5.74, 6) is 1.17.